The number of hydrogen-bond acceptors (Lipinski definition) is 6. The first kappa shape index (κ1) is 26.7. The molecule has 0 bridgehead atoms. The molecule has 2 atom stereocenters. The van der Waals surface area contributed by atoms with Crippen molar-refractivity contribution in [1.29, 1.82) is 0 Å². The summed E-state index contributed by atoms with van der Waals surface area (Å²) in [7, 11) is 0. The van der Waals surface area contributed by atoms with Crippen LogP contribution >= 0.6 is 0 Å². The summed E-state index contributed by atoms with van der Waals surface area (Å²) in [6.07, 6.45) is 4.99. The lowest BCUT2D eigenvalue weighted by Gasteiger charge is -2.27. The van der Waals surface area contributed by atoms with Gasteiger partial charge in [-0.05, 0) is 86.4 Å². The van der Waals surface area contributed by atoms with Crippen LogP contribution in [0.4, 0.5) is 8.78 Å². The van der Waals surface area contributed by atoms with Crippen molar-refractivity contribution < 1.29 is 18.6 Å². The van der Waals surface area contributed by atoms with Crippen molar-refractivity contribution in [3.8, 4) is 29.7 Å². The number of nitrogens with zero attached hydrogens (tertiary/aromatic N) is 3. The average Bonchev–Trinajstić information content (AvgIpc) is 3.75. The van der Waals surface area contributed by atoms with E-state index in [1.165, 1.54) is 6.07 Å². The third kappa shape index (κ3) is 5.32. The van der Waals surface area contributed by atoms with Crippen molar-refractivity contribution in [3.63, 3.8) is 0 Å². The SMILES string of the molecule is O=c1c(C(O)(CC#CC#Cc2nc(OC[C@H]3CCCN3)nc3[nH]ccc23)c2cc(F)ccc2F)ccc2n1CCC2. The summed E-state index contributed by atoms with van der Waals surface area (Å²) in [6.45, 7) is 1.90. The van der Waals surface area contributed by atoms with E-state index >= 15 is 0 Å². The molecule has 6 rings (SSSR count). The van der Waals surface area contributed by atoms with Gasteiger partial charge in [-0.1, -0.05) is 5.92 Å². The Kier molecular flexibility index (Phi) is 7.27. The van der Waals surface area contributed by atoms with Crippen molar-refractivity contribution in [2.24, 2.45) is 0 Å². The Morgan fingerprint density at radius 3 is 2.88 bits per heavy atom. The Morgan fingerprint density at radius 2 is 2.02 bits per heavy atom. The molecule has 41 heavy (non-hydrogen) atoms. The van der Waals surface area contributed by atoms with Crippen LogP contribution in [0, 0.1) is 35.3 Å². The van der Waals surface area contributed by atoms with E-state index in [-0.39, 0.29) is 29.6 Å². The first-order chi connectivity index (χ1) is 19.9. The predicted molar refractivity (Wildman–Crippen MR) is 148 cm³/mol. The van der Waals surface area contributed by atoms with Gasteiger partial charge in [0.05, 0.1) is 10.9 Å². The molecule has 1 aromatic carbocycles. The van der Waals surface area contributed by atoms with Crippen molar-refractivity contribution in [2.45, 2.75) is 50.3 Å². The molecule has 2 aliphatic heterocycles. The lowest BCUT2D eigenvalue weighted by atomic mass is 9.83. The maximum atomic E-state index is 14.9. The van der Waals surface area contributed by atoms with Gasteiger partial charge in [0, 0.05) is 36.5 Å². The minimum absolute atomic E-state index is 0.0710. The van der Waals surface area contributed by atoms with Crippen LogP contribution < -0.4 is 15.6 Å². The number of aromatic amines is 1. The number of halogens is 2. The number of rotatable bonds is 6. The van der Waals surface area contributed by atoms with E-state index in [0.717, 1.165) is 56.1 Å². The Hall–Kier alpha value is -4.51. The van der Waals surface area contributed by atoms with Crippen LogP contribution in [0.2, 0.25) is 0 Å². The van der Waals surface area contributed by atoms with E-state index in [2.05, 4.69) is 44.0 Å². The molecule has 10 heteroatoms. The van der Waals surface area contributed by atoms with Gasteiger partial charge in [-0.2, -0.15) is 9.97 Å². The molecule has 5 heterocycles. The number of nitrogens with one attached hydrogen (secondary N) is 2. The number of benzene rings is 1. The van der Waals surface area contributed by atoms with Crippen molar-refractivity contribution in [1.82, 2.24) is 24.8 Å². The monoisotopic (exact) mass is 555 g/mol. The summed E-state index contributed by atoms with van der Waals surface area (Å²) in [5, 5.41) is 15.8. The topological polar surface area (TPSA) is 105 Å². The Balaban J connectivity index is 1.31. The molecule has 0 amide bonds. The summed E-state index contributed by atoms with van der Waals surface area (Å²) in [4.78, 5) is 25.2. The summed E-state index contributed by atoms with van der Waals surface area (Å²) in [5.74, 6) is 9.46. The fraction of sp³-hybridized carbons (Fsp3) is 0.323. The number of H-pyrrole nitrogens is 1. The molecule has 2 aliphatic rings. The molecule has 0 aliphatic carbocycles. The maximum absolute atomic E-state index is 14.9. The molecule has 8 nitrogen and oxygen atoms in total. The Labute approximate surface area is 234 Å². The van der Waals surface area contributed by atoms with E-state index in [0.29, 0.717) is 29.9 Å². The number of ether oxygens (including phenoxy) is 1. The third-order valence-electron chi connectivity index (χ3n) is 7.55. The van der Waals surface area contributed by atoms with Crippen LogP contribution in [0.15, 0.2) is 47.4 Å². The van der Waals surface area contributed by atoms with Crippen LogP contribution in [0.3, 0.4) is 0 Å². The first-order valence-corrected chi connectivity index (χ1v) is 13.5. The van der Waals surface area contributed by atoms with Crippen molar-refractivity contribution in [3.05, 3.63) is 87.1 Å². The highest BCUT2D eigenvalue weighted by atomic mass is 19.1. The standard InChI is InChI=1S/C31H27F2N5O3/c32-20-9-12-26(33)25(18-20)31(40,24-11-10-22-7-5-17-38(22)29(24)39)14-3-1-2-8-27-23-13-16-35-28(23)37-30(36-27)41-19-21-6-4-15-34-21/h9-13,16,18,21,34,40H,4-7,14-15,17,19H2,(H,35,36,37)/t21-,31?/m1/s1. The van der Waals surface area contributed by atoms with Gasteiger partial charge in [0.25, 0.3) is 5.56 Å². The molecule has 1 unspecified atom stereocenters. The normalized spacial score (nSPS) is 17.3. The van der Waals surface area contributed by atoms with Gasteiger partial charge in [0.1, 0.15) is 35.2 Å². The Morgan fingerprint density at radius 1 is 1.12 bits per heavy atom. The van der Waals surface area contributed by atoms with Crippen molar-refractivity contribution in [2.75, 3.05) is 13.2 Å². The average molecular weight is 556 g/mol. The molecule has 4 aromatic rings. The highest BCUT2D eigenvalue weighted by Gasteiger charge is 2.37. The minimum Gasteiger partial charge on any atom is -0.462 e. The first-order valence-electron chi connectivity index (χ1n) is 13.5. The summed E-state index contributed by atoms with van der Waals surface area (Å²) >= 11 is 0. The number of hydrogen-bond donors (Lipinski definition) is 3. The van der Waals surface area contributed by atoms with E-state index in [1.807, 2.05) is 0 Å². The smallest absolute Gasteiger partial charge is 0.319 e. The number of pyridine rings is 1. The van der Waals surface area contributed by atoms with Crippen LogP contribution in [0.5, 0.6) is 6.01 Å². The second kappa shape index (κ2) is 11.2. The lowest BCUT2D eigenvalue weighted by molar-refractivity contribution is 0.0800. The van der Waals surface area contributed by atoms with Gasteiger partial charge >= 0.3 is 6.01 Å². The zero-order valence-electron chi connectivity index (χ0n) is 22.1. The minimum atomic E-state index is -2.19. The van der Waals surface area contributed by atoms with Crippen molar-refractivity contribution >= 4 is 11.0 Å². The molecule has 1 saturated heterocycles. The zero-order chi connectivity index (χ0) is 28.4. The molecule has 0 spiro atoms. The number of aliphatic hydroxyl groups is 1. The number of aromatic nitrogens is 4. The van der Waals surface area contributed by atoms with Gasteiger partial charge < -0.3 is 24.7 Å². The van der Waals surface area contributed by atoms with E-state index < -0.39 is 22.8 Å². The number of aryl methyl sites for hydroxylation is 1. The van der Waals surface area contributed by atoms with Gasteiger partial charge in [0.2, 0.25) is 0 Å². The van der Waals surface area contributed by atoms with Crippen LogP contribution in [0.25, 0.3) is 11.0 Å². The second-order valence-electron chi connectivity index (χ2n) is 10.2. The summed E-state index contributed by atoms with van der Waals surface area (Å²) < 4.78 is 36.5. The van der Waals surface area contributed by atoms with Crippen LogP contribution in [0.1, 0.15) is 48.2 Å². The van der Waals surface area contributed by atoms with E-state index in [1.54, 1.807) is 22.9 Å². The maximum Gasteiger partial charge on any atom is 0.319 e. The Bertz CT molecular complexity index is 1800. The zero-order valence-corrected chi connectivity index (χ0v) is 22.1. The molecular weight excluding hydrogens is 528 g/mol. The van der Waals surface area contributed by atoms with Gasteiger partial charge in [0.15, 0.2) is 0 Å². The lowest BCUT2D eigenvalue weighted by Crippen LogP contribution is -2.37. The van der Waals surface area contributed by atoms with Gasteiger partial charge in [-0.3, -0.25) is 4.79 Å². The molecule has 0 radical (unpaired) electrons. The second-order valence-corrected chi connectivity index (χ2v) is 10.2. The van der Waals surface area contributed by atoms with Gasteiger partial charge in [-0.15, -0.1) is 0 Å². The van der Waals surface area contributed by atoms with E-state index in [9.17, 15) is 18.7 Å². The molecule has 3 aromatic heterocycles. The van der Waals surface area contributed by atoms with E-state index in [4.69, 9.17) is 4.74 Å². The number of fused-ring (bicyclic) bond motifs is 2. The predicted octanol–water partition coefficient (Wildman–Crippen LogP) is 3.16. The quantitative estimate of drug-likeness (QED) is 0.316. The summed E-state index contributed by atoms with van der Waals surface area (Å²) in [6, 6.07) is 8.22. The highest BCUT2D eigenvalue weighted by molar-refractivity contribution is 5.81. The third-order valence-corrected chi connectivity index (χ3v) is 7.55. The largest absolute Gasteiger partial charge is 0.462 e. The highest BCUT2D eigenvalue weighted by Crippen LogP contribution is 2.34. The molecular formula is C31H27F2N5O3. The van der Waals surface area contributed by atoms with Crippen LogP contribution in [-0.2, 0) is 18.6 Å². The molecule has 3 N–H and O–H groups in total. The molecule has 1 fully saturated rings. The molecule has 0 saturated carbocycles. The summed E-state index contributed by atoms with van der Waals surface area (Å²) in [5.41, 5.74) is -1.27. The molecule has 208 valence electrons. The van der Waals surface area contributed by atoms with Gasteiger partial charge in [-0.25, -0.2) is 8.78 Å². The fourth-order valence-electron chi connectivity index (χ4n) is 5.42. The fourth-order valence-corrected chi connectivity index (χ4v) is 5.42. The van der Waals surface area contributed by atoms with Crippen LogP contribution in [-0.4, -0.2) is 43.8 Å².